The van der Waals surface area contributed by atoms with Crippen molar-refractivity contribution in [2.45, 2.75) is 31.3 Å². The van der Waals surface area contributed by atoms with Crippen LogP contribution in [0.2, 0.25) is 0 Å². The summed E-state index contributed by atoms with van der Waals surface area (Å²) in [6.45, 7) is 0. The summed E-state index contributed by atoms with van der Waals surface area (Å²) in [5.74, 6) is 2.38. The SMILES string of the molecule is C#C/C=C/C1(O)CCCC1. The van der Waals surface area contributed by atoms with Crippen molar-refractivity contribution in [2.24, 2.45) is 0 Å². The van der Waals surface area contributed by atoms with E-state index in [1.807, 2.05) is 0 Å². The fourth-order valence-corrected chi connectivity index (χ4v) is 1.36. The van der Waals surface area contributed by atoms with Gasteiger partial charge in [-0.25, -0.2) is 0 Å². The van der Waals surface area contributed by atoms with Crippen molar-refractivity contribution < 1.29 is 5.11 Å². The van der Waals surface area contributed by atoms with E-state index in [1.54, 1.807) is 12.2 Å². The van der Waals surface area contributed by atoms with E-state index in [4.69, 9.17) is 6.42 Å². The van der Waals surface area contributed by atoms with Crippen LogP contribution in [0.5, 0.6) is 0 Å². The molecule has 1 heteroatoms. The van der Waals surface area contributed by atoms with Gasteiger partial charge in [0.25, 0.3) is 0 Å². The van der Waals surface area contributed by atoms with Gasteiger partial charge >= 0.3 is 0 Å². The van der Waals surface area contributed by atoms with Crippen LogP contribution in [-0.4, -0.2) is 10.7 Å². The zero-order valence-electron chi connectivity index (χ0n) is 6.01. The van der Waals surface area contributed by atoms with Crippen LogP contribution in [0.15, 0.2) is 12.2 Å². The van der Waals surface area contributed by atoms with Crippen LogP contribution in [0.4, 0.5) is 0 Å². The Morgan fingerprint density at radius 2 is 2.00 bits per heavy atom. The van der Waals surface area contributed by atoms with Gasteiger partial charge in [-0.1, -0.05) is 18.8 Å². The van der Waals surface area contributed by atoms with Gasteiger partial charge in [-0.15, -0.1) is 6.42 Å². The molecule has 0 atom stereocenters. The van der Waals surface area contributed by atoms with Gasteiger partial charge in [0, 0.05) is 0 Å². The molecule has 0 spiro atoms. The highest BCUT2D eigenvalue weighted by molar-refractivity contribution is 5.15. The van der Waals surface area contributed by atoms with E-state index in [2.05, 4.69) is 5.92 Å². The van der Waals surface area contributed by atoms with Gasteiger partial charge in [0.2, 0.25) is 0 Å². The average molecular weight is 136 g/mol. The average Bonchev–Trinajstić information content (AvgIpc) is 2.33. The Morgan fingerprint density at radius 1 is 1.40 bits per heavy atom. The maximum Gasteiger partial charge on any atom is 0.0836 e. The van der Waals surface area contributed by atoms with E-state index in [1.165, 1.54) is 0 Å². The number of aliphatic hydroxyl groups is 1. The quantitative estimate of drug-likeness (QED) is 0.541. The Hall–Kier alpha value is -0.740. The molecule has 0 heterocycles. The second-order valence-electron chi connectivity index (χ2n) is 2.81. The van der Waals surface area contributed by atoms with Crippen molar-refractivity contribution in [3.8, 4) is 12.3 Å². The Labute approximate surface area is 61.8 Å². The molecule has 1 rings (SSSR count). The van der Waals surface area contributed by atoms with Crippen molar-refractivity contribution >= 4 is 0 Å². The fraction of sp³-hybridized carbons (Fsp3) is 0.556. The normalized spacial score (nSPS) is 23.2. The molecule has 0 bridgehead atoms. The maximum atomic E-state index is 9.64. The first kappa shape index (κ1) is 7.37. The first-order valence-corrected chi connectivity index (χ1v) is 3.63. The minimum absolute atomic E-state index is 0.577. The highest BCUT2D eigenvalue weighted by Crippen LogP contribution is 2.30. The van der Waals surface area contributed by atoms with Gasteiger partial charge in [-0.2, -0.15) is 0 Å². The molecule has 0 radical (unpaired) electrons. The lowest BCUT2D eigenvalue weighted by Crippen LogP contribution is -2.19. The van der Waals surface area contributed by atoms with Gasteiger partial charge < -0.3 is 5.11 Å². The largest absolute Gasteiger partial charge is 0.386 e. The monoisotopic (exact) mass is 136 g/mol. The molecule has 54 valence electrons. The zero-order valence-corrected chi connectivity index (χ0v) is 6.01. The molecular formula is C9H12O. The number of allylic oxidation sites excluding steroid dienone is 1. The van der Waals surface area contributed by atoms with Crippen molar-refractivity contribution in [2.75, 3.05) is 0 Å². The molecule has 1 saturated carbocycles. The topological polar surface area (TPSA) is 20.2 Å². The standard InChI is InChI=1S/C9H12O/c1-2-3-6-9(10)7-4-5-8-9/h1,3,6,10H,4-5,7-8H2/b6-3+. The first-order chi connectivity index (χ1) is 4.77. The van der Waals surface area contributed by atoms with E-state index in [9.17, 15) is 5.11 Å². The third-order valence-corrected chi connectivity index (χ3v) is 1.96. The molecule has 0 aliphatic heterocycles. The van der Waals surface area contributed by atoms with E-state index in [0.717, 1.165) is 25.7 Å². The first-order valence-electron chi connectivity index (χ1n) is 3.63. The molecule has 0 aromatic heterocycles. The third kappa shape index (κ3) is 1.62. The molecule has 0 amide bonds. The van der Waals surface area contributed by atoms with Crippen LogP contribution < -0.4 is 0 Å². The summed E-state index contributed by atoms with van der Waals surface area (Å²) in [5, 5.41) is 9.64. The van der Waals surface area contributed by atoms with Crippen LogP contribution in [0, 0.1) is 12.3 Å². The third-order valence-electron chi connectivity index (χ3n) is 1.96. The molecule has 1 nitrogen and oxygen atoms in total. The minimum Gasteiger partial charge on any atom is -0.386 e. The molecule has 1 aliphatic rings. The predicted octanol–water partition coefficient (Wildman–Crippen LogP) is 1.48. The molecule has 1 aliphatic carbocycles. The number of rotatable bonds is 1. The van der Waals surface area contributed by atoms with Crippen molar-refractivity contribution in [1.29, 1.82) is 0 Å². The highest BCUT2D eigenvalue weighted by atomic mass is 16.3. The molecule has 0 unspecified atom stereocenters. The van der Waals surface area contributed by atoms with Crippen LogP contribution in [0.3, 0.4) is 0 Å². The smallest absolute Gasteiger partial charge is 0.0836 e. The summed E-state index contributed by atoms with van der Waals surface area (Å²) in [4.78, 5) is 0. The summed E-state index contributed by atoms with van der Waals surface area (Å²) < 4.78 is 0. The van der Waals surface area contributed by atoms with E-state index in [-0.39, 0.29) is 0 Å². The van der Waals surface area contributed by atoms with Crippen molar-refractivity contribution in [3.05, 3.63) is 12.2 Å². The lowest BCUT2D eigenvalue weighted by atomic mass is 10.0. The van der Waals surface area contributed by atoms with Gasteiger partial charge in [0.1, 0.15) is 0 Å². The number of terminal acetylenes is 1. The van der Waals surface area contributed by atoms with Gasteiger partial charge in [0.15, 0.2) is 0 Å². The lowest BCUT2D eigenvalue weighted by molar-refractivity contribution is 0.0993. The van der Waals surface area contributed by atoms with Gasteiger partial charge in [-0.3, -0.25) is 0 Å². The van der Waals surface area contributed by atoms with E-state index in [0.29, 0.717) is 0 Å². The fourth-order valence-electron chi connectivity index (χ4n) is 1.36. The number of hydrogen-bond acceptors (Lipinski definition) is 1. The van der Waals surface area contributed by atoms with E-state index < -0.39 is 5.60 Å². The minimum atomic E-state index is -0.577. The molecular weight excluding hydrogens is 124 g/mol. The summed E-state index contributed by atoms with van der Waals surface area (Å²) in [6, 6.07) is 0. The molecule has 1 N–H and O–H groups in total. The predicted molar refractivity (Wildman–Crippen MR) is 41.4 cm³/mol. The summed E-state index contributed by atoms with van der Waals surface area (Å²) in [7, 11) is 0. The molecule has 0 saturated heterocycles. The van der Waals surface area contributed by atoms with Crippen LogP contribution in [0.1, 0.15) is 25.7 Å². The highest BCUT2D eigenvalue weighted by Gasteiger charge is 2.27. The van der Waals surface area contributed by atoms with Gasteiger partial charge in [0.05, 0.1) is 5.60 Å². The summed E-state index contributed by atoms with van der Waals surface area (Å²) in [6.07, 6.45) is 12.3. The zero-order chi connectivity index (χ0) is 7.45. The van der Waals surface area contributed by atoms with Crippen LogP contribution in [0.25, 0.3) is 0 Å². The Bertz CT molecular complexity index is 168. The second-order valence-corrected chi connectivity index (χ2v) is 2.81. The summed E-state index contributed by atoms with van der Waals surface area (Å²) in [5.41, 5.74) is -0.577. The molecule has 1 fully saturated rings. The van der Waals surface area contributed by atoms with Crippen LogP contribution in [-0.2, 0) is 0 Å². The Balaban J connectivity index is 2.53. The van der Waals surface area contributed by atoms with E-state index >= 15 is 0 Å². The Kier molecular flexibility index (Phi) is 2.13. The van der Waals surface area contributed by atoms with Crippen molar-refractivity contribution in [1.82, 2.24) is 0 Å². The van der Waals surface area contributed by atoms with Crippen LogP contribution >= 0.6 is 0 Å². The molecule has 0 aromatic rings. The molecule has 0 aromatic carbocycles. The molecule has 10 heavy (non-hydrogen) atoms. The Morgan fingerprint density at radius 3 is 2.50 bits per heavy atom. The van der Waals surface area contributed by atoms with Gasteiger partial charge in [-0.05, 0) is 25.0 Å². The summed E-state index contributed by atoms with van der Waals surface area (Å²) >= 11 is 0. The maximum absolute atomic E-state index is 9.64. The second kappa shape index (κ2) is 2.90. The lowest BCUT2D eigenvalue weighted by Gasteiger charge is -2.15. The number of hydrogen-bond donors (Lipinski definition) is 1. The van der Waals surface area contributed by atoms with Crippen molar-refractivity contribution in [3.63, 3.8) is 0 Å².